The van der Waals surface area contributed by atoms with Crippen LogP contribution in [0.1, 0.15) is 16.7 Å². The Kier molecular flexibility index (Phi) is 3.27. The van der Waals surface area contributed by atoms with Crippen LogP contribution in [0.2, 0.25) is 0 Å². The number of benzene rings is 3. The van der Waals surface area contributed by atoms with E-state index in [4.69, 9.17) is 4.74 Å². The van der Waals surface area contributed by atoms with Gasteiger partial charge in [0.05, 0.1) is 0 Å². The smallest absolute Gasteiger partial charge is 0.128 e. The largest absolute Gasteiger partial charge is 0.488 e. The van der Waals surface area contributed by atoms with Crippen molar-refractivity contribution < 1.29 is 4.74 Å². The first kappa shape index (κ1) is 13.6. The molecule has 0 saturated heterocycles. The third-order valence-corrected chi connectivity index (χ3v) is 4.71. The van der Waals surface area contributed by atoms with Crippen LogP contribution in [0, 0.1) is 6.92 Å². The van der Waals surface area contributed by atoms with Crippen molar-refractivity contribution in [3.05, 3.63) is 81.8 Å². The van der Waals surface area contributed by atoms with Gasteiger partial charge in [0.1, 0.15) is 12.4 Å². The topological polar surface area (TPSA) is 9.23 Å². The lowest BCUT2D eigenvalue weighted by Gasteiger charge is -2.22. The maximum Gasteiger partial charge on any atom is 0.128 e. The zero-order valence-corrected chi connectivity index (χ0v) is 13.9. The second-order valence-electron chi connectivity index (χ2n) is 5.63. The molecule has 0 amide bonds. The van der Waals surface area contributed by atoms with E-state index >= 15 is 0 Å². The lowest BCUT2D eigenvalue weighted by molar-refractivity contribution is 0.355. The Morgan fingerprint density at radius 1 is 0.909 bits per heavy atom. The number of fused-ring (bicyclic) bond motifs is 2. The van der Waals surface area contributed by atoms with Crippen LogP contribution < -0.4 is 4.74 Å². The van der Waals surface area contributed by atoms with Crippen molar-refractivity contribution in [2.75, 3.05) is 6.61 Å². The van der Waals surface area contributed by atoms with Gasteiger partial charge in [-0.2, -0.15) is 0 Å². The van der Waals surface area contributed by atoms with E-state index in [-0.39, 0.29) is 0 Å². The Bertz CT molecular complexity index is 891. The second kappa shape index (κ2) is 5.29. The van der Waals surface area contributed by atoms with E-state index in [1.807, 2.05) is 0 Å². The minimum atomic E-state index is 0.578. The van der Waals surface area contributed by atoms with Crippen molar-refractivity contribution in [3.63, 3.8) is 0 Å². The highest BCUT2D eigenvalue weighted by molar-refractivity contribution is 9.11. The summed E-state index contributed by atoms with van der Waals surface area (Å²) in [5, 5.41) is 2.44. The fourth-order valence-corrected chi connectivity index (χ4v) is 3.48. The minimum Gasteiger partial charge on any atom is -0.488 e. The monoisotopic (exact) mass is 350 g/mol. The van der Waals surface area contributed by atoms with Crippen LogP contribution in [-0.2, 0) is 0 Å². The highest BCUT2D eigenvalue weighted by atomic mass is 79.9. The van der Waals surface area contributed by atoms with Gasteiger partial charge in [0.2, 0.25) is 0 Å². The maximum atomic E-state index is 5.91. The SMILES string of the molecule is Cc1ccc(C2=C(Br)COc3cc4ccccc4cc32)cc1. The molecule has 0 radical (unpaired) electrons. The van der Waals surface area contributed by atoms with Gasteiger partial charge in [-0.25, -0.2) is 0 Å². The van der Waals surface area contributed by atoms with Gasteiger partial charge in [0.15, 0.2) is 0 Å². The van der Waals surface area contributed by atoms with E-state index in [1.54, 1.807) is 0 Å². The van der Waals surface area contributed by atoms with Crippen LogP contribution in [-0.4, -0.2) is 6.61 Å². The molecule has 0 N–H and O–H groups in total. The molecule has 0 fully saturated rings. The summed E-state index contributed by atoms with van der Waals surface area (Å²) in [6.07, 6.45) is 0. The fraction of sp³-hybridized carbons (Fsp3) is 0.100. The standard InChI is InChI=1S/C20H15BrO/c1-13-6-8-14(9-7-13)20-17-10-15-4-2-3-5-16(15)11-19(17)22-12-18(20)21/h2-11H,12H2,1H3. The molecule has 0 spiro atoms. The fourth-order valence-electron chi connectivity index (χ4n) is 2.93. The summed E-state index contributed by atoms with van der Waals surface area (Å²) in [5.74, 6) is 0.956. The van der Waals surface area contributed by atoms with Crippen LogP contribution in [0.3, 0.4) is 0 Å². The Labute approximate surface area is 138 Å². The van der Waals surface area contributed by atoms with Crippen LogP contribution >= 0.6 is 15.9 Å². The minimum absolute atomic E-state index is 0.578. The first-order chi connectivity index (χ1) is 10.7. The van der Waals surface area contributed by atoms with Gasteiger partial charge in [-0.05, 0) is 35.4 Å². The van der Waals surface area contributed by atoms with Gasteiger partial charge in [-0.1, -0.05) is 70.0 Å². The third kappa shape index (κ3) is 2.24. The van der Waals surface area contributed by atoms with E-state index in [2.05, 4.69) is 83.5 Å². The van der Waals surface area contributed by atoms with Gasteiger partial charge in [0.25, 0.3) is 0 Å². The number of hydrogen-bond donors (Lipinski definition) is 0. The Morgan fingerprint density at radius 3 is 2.32 bits per heavy atom. The van der Waals surface area contributed by atoms with E-state index in [9.17, 15) is 0 Å². The molecule has 1 aliphatic rings. The lowest BCUT2D eigenvalue weighted by Crippen LogP contribution is -2.09. The van der Waals surface area contributed by atoms with Gasteiger partial charge in [-0.3, -0.25) is 0 Å². The summed E-state index contributed by atoms with van der Waals surface area (Å²) in [7, 11) is 0. The summed E-state index contributed by atoms with van der Waals surface area (Å²) in [6, 6.07) is 21.4. The summed E-state index contributed by atoms with van der Waals surface area (Å²) < 4.78 is 7.01. The molecule has 0 saturated carbocycles. The molecule has 0 aliphatic carbocycles. The number of halogens is 1. The summed E-state index contributed by atoms with van der Waals surface area (Å²) in [6.45, 7) is 2.69. The van der Waals surface area contributed by atoms with Gasteiger partial charge < -0.3 is 4.74 Å². The van der Waals surface area contributed by atoms with Crippen LogP contribution in [0.4, 0.5) is 0 Å². The summed E-state index contributed by atoms with van der Waals surface area (Å²) >= 11 is 3.70. The molecule has 0 atom stereocenters. The highest BCUT2D eigenvalue weighted by Gasteiger charge is 2.20. The molecule has 1 aliphatic heterocycles. The van der Waals surface area contributed by atoms with Crippen molar-refractivity contribution in [2.45, 2.75) is 6.92 Å². The molecular weight excluding hydrogens is 336 g/mol. The average molecular weight is 351 g/mol. The highest BCUT2D eigenvalue weighted by Crippen LogP contribution is 2.41. The Morgan fingerprint density at radius 2 is 1.59 bits per heavy atom. The molecule has 3 aromatic rings. The number of hydrogen-bond acceptors (Lipinski definition) is 1. The number of ether oxygens (including phenoxy) is 1. The lowest BCUT2D eigenvalue weighted by atomic mass is 9.93. The second-order valence-corrected chi connectivity index (χ2v) is 6.59. The van der Waals surface area contributed by atoms with Crippen LogP contribution in [0.15, 0.2) is 65.1 Å². The van der Waals surface area contributed by atoms with Gasteiger partial charge >= 0.3 is 0 Å². The normalized spacial score (nSPS) is 13.9. The molecule has 22 heavy (non-hydrogen) atoms. The van der Waals surface area contributed by atoms with Crippen LogP contribution in [0.25, 0.3) is 16.3 Å². The molecule has 1 nitrogen and oxygen atoms in total. The predicted molar refractivity (Wildman–Crippen MR) is 95.6 cm³/mol. The first-order valence-electron chi connectivity index (χ1n) is 7.34. The maximum absolute atomic E-state index is 5.91. The van der Waals surface area contributed by atoms with E-state index in [0.717, 1.165) is 15.8 Å². The molecule has 0 aromatic heterocycles. The van der Waals surface area contributed by atoms with E-state index < -0.39 is 0 Å². The average Bonchev–Trinajstić information content (AvgIpc) is 2.54. The van der Waals surface area contributed by atoms with Crippen molar-refractivity contribution in [3.8, 4) is 5.75 Å². The number of aryl methyl sites for hydroxylation is 1. The molecule has 3 aromatic carbocycles. The first-order valence-corrected chi connectivity index (χ1v) is 8.13. The quantitative estimate of drug-likeness (QED) is 0.547. The molecule has 2 heteroatoms. The summed E-state index contributed by atoms with van der Waals surface area (Å²) in [4.78, 5) is 0. The number of rotatable bonds is 1. The van der Waals surface area contributed by atoms with Gasteiger partial charge in [-0.15, -0.1) is 0 Å². The Hall–Kier alpha value is -2.06. The third-order valence-electron chi connectivity index (χ3n) is 4.08. The zero-order valence-electron chi connectivity index (χ0n) is 12.3. The summed E-state index contributed by atoms with van der Waals surface area (Å²) in [5.41, 5.74) is 4.87. The Balaban J connectivity index is 1.96. The van der Waals surface area contributed by atoms with E-state index in [0.29, 0.717) is 6.61 Å². The molecule has 0 unspecified atom stereocenters. The molecule has 1 heterocycles. The molecular formula is C20H15BrO. The van der Waals surface area contributed by atoms with Gasteiger partial charge in [0, 0.05) is 15.6 Å². The van der Waals surface area contributed by atoms with Crippen molar-refractivity contribution in [1.29, 1.82) is 0 Å². The van der Waals surface area contributed by atoms with E-state index in [1.165, 1.54) is 27.5 Å². The predicted octanol–water partition coefficient (Wildman–Crippen LogP) is 5.69. The zero-order chi connectivity index (χ0) is 15.1. The van der Waals surface area contributed by atoms with Crippen molar-refractivity contribution in [1.82, 2.24) is 0 Å². The molecule has 108 valence electrons. The molecule has 0 bridgehead atoms. The molecule has 4 rings (SSSR count). The van der Waals surface area contributed by atoms with Crippen molar-refractivity contribution >= 4 is 32.3 Å². The van der Waals surface area contributed by atoms with Crippen LogP contribution in [0.5, 0.6) is 5.75 Å². The van der Waals surface area contributed by atoms with Crippen molar-refractivity contribution in [2.24, 2.45) is 0 Å².